The lowest BCUT2D eigenvalue weighted by Crippen LogP contribution is -2.21. The van der Waals surface area contributed by atoms with Crippen LogP contribution in [0.1, 0.15) is 10.4 Å². The summed E-state index contributed by atoms with van der Waals surface area (Å²) < 4.78 is 34.1. The van der Waals surface area contributed by atoms with Gasteiger partial charge < -0.3 is 24.3 Å². The Morgan fingerprint density at radius 1 is 1.12 bits per heavy atom. The SMILES string of the molecule is COc1ccc(C(=O)OCC(=O)Nc2ccc3c(c2)OCCO3)cc1F. The van der Waals surface area contributed by atoms with Crippen LogP contribution in [0.3, 0.4) is 0 Å². The van der Waals surface area contributed by atoms with E-state index in [2.05, 4.69) is 5.32 Å². The molecule has 0 saturated heterocycles. The van der Waals surface area contributed by atoms with E-state index in [0.717, 1.165) is 6.07 Å². The van der Waals surface area contributed by atoms with Crippen molar-refractivity contribution >= 4 is 17.6 Å². The third kappa shape index (κ3) is 4.02. The van der Waals surface area contributed by atoms with Crippen LogP contribution in [0.25, 0.3) is 0 Å². The fourth-order valence-electron chi connectivity index (χ4n) is 2.33. The number of rotatable bonds is 5. The average molecular weight is 361 g/mol. The van der Waals surface area contributed by atoms with E-state index < -0.39 is 24.3 Å². The molecule has 1 aliphatic heterocycles. The second-order valence-corrected chi connectivity index (χ2v) is 5.33. The lowest BCUT2D eigenvalue weighted by molar-refractivity contribution is -0.119. The molecule has 0 bridgehead atoms. The Hall–Kier alpha value is -3.29. The number of amides is 1. The van der Waals surface area contributed by atoms with Crippen molar-refractivity contribution in [2.75, 3.05) is 32.2 Å². The van der Waals surface area contributed by atoms with Gasteiger partial charge in [0.2, 0.25) is 0 Å². The first-order valence-corrected chi connectivity index (χ1v) is 7.77. The van der Waals surface area contributed by atoms with Gasteiger partial charge in [-0.05, 0) is 30.3 Å². The Kier molecular flexibility index (Phi) is 5.21. The molecule has 2 aromatic carbocycles. The van der Waals surface area contributed by atoms with Crippen molar-refractivity contribution in [1.29, 1.82) is 0 Å². The number of nitrogens with one attached hydrogen (secondary N) is 1. The summed E-state index contributed by atoms with van der Waals surface area (Å²) in [4.78, 5) is 23.8. The summed E-state index contributed by atoms with van der Waals surface area (Å²) in [7, 11) is 1.32. The highest BCUT2D eigenvalue weighted by molar-refractivity contribution is 5.95. The zero-order valence-corrected chi connectivity index (χ0v) is 13.9. The minimum absolute atomic E-state index is 0.0119. The fraction of sp³-hybridized carbons (Fsp3) is 0.222. The monoisotopic (exact) mass is 361 g/mol. The van der Waals surface area contributed by atoms with Crippen molar-refractivity contribution in [3.63, 3.8) is 0 Å². The molecular formula is C18H16FNO6. The first-order chi connectivity index (χ1) is 12.6. The van der Waals surface area contributed by atoms with Gasteiger partial charge in [0.1, 0.15) is 13.2 Å². The van der Waals surface area contributed by atoms with Crippen LogP contribution in [0, 0.1) is 5.82 Å². The molecule has 0 fully saturated rings. The van der Waals surface area contributed by atoms with Gasteiger partial charge in [-0.3, -0.25) is 4.79 Å². The van der Waals surface area contributed by atoms with Crippen LogP contribution in [-0.4, -0.2) is 38.8 Å². The quantitative estimate of drug-likeness (QED) is 0.824. The molecule has 0 aromatic heterocycles. The van der Waals surface area contributed by atoms with Crippen molar-refractivity contribution in [1.82, 2.24) is 0 Å². The molecule has 0 atom stereocenters. The number of methoxy groups -OCH3 is 1. The van der Waals surface area contributed by atoms with Gasteiger partial charge in [-0.1, -0.05) is 0 Å². The molecule has 26 heavy (non-hydrogen) atoms. The second-order valence-electron chi connectivity index (χ2n) is 5.33. The lowest BCUT2D eigenvalue weighted by atomic mass is 10.2. The molecule has 1 N–H and O–H groups in total. The average Bonchev–Trinajstić information content (AvgIpc) is 2.66. The maximum Gasteiger partial charge on any atom is 0.338 e. The number of fused-ring (bicyclic) bond motifs is 1. The van der Waals surface area contributed by atoms with Crippen LogP contribution in [0.4, 0.5) is 10.1 Å². The van der Waals surface area contributed by atoms with E-state index in [9.17, 15) is 14.0 Å². The molecule has 1 amide bonds. The summed E-state index contributed by atoms with van der Waals surface area (Å²) >= 11 is 0. The van der Waals surface area contributed by atoms with Gasteiger partial charge >= 0.3 is 5.97 Å². The number of ether oxygens (including phenoxy) is 4. The number of hydrogen-bond donors (Lipinski definition) is 1. The Balaban J connectivity index is 1.55. The van der Waals surface area contributed by atoms with Crippen LogP contribution in [0.15, 0.2) is 36.4 Å². The van der Waals surface area contributed by atoms with Crippen LogP contribution in [0.2, 0.25) is 0 Å². The van der Waals surface area contributed by atoms with Crippen molar-refractivity contribution in [2.45, 2.75) is 0 Å². The topological polar surface area (TPSA) is 83.1 Å². The zero-order valence-electron chi connectivity index (χ0n) is 13.9. The van der Waals surface area contributed by atoms with Crippen molar-refractivity contribution in [3.05, 3.63) is 47.8 Å². The highest BCUT2D eigenvalue weighted by Gasteiger charge is 2.15. The molecule has 0 spiro atoms. The lowest BCUT2D eigenvalue weighted by Gasteiger charge is -2.19. The van der Waals surface area contributed by atoms with Gasteiger partial charge in [-0.15, -0.1) is 0 Å². The normalized spacial score (nSPS) is 12.2. The van der Waals surface area contributed by atoms with Crippen molar-refractivity contribution in [3.8, 4) is 17.2 Å². The van der Waals surface area contributed by atoms with Gasteiger partial charge in [-0.2, -0.15) is 0 Å². The predicted molar refractivity (Wildman–Crippen MR) is 89.3 cm³/mol. The predicted octanol–water partition coefficient (Wildman–Crippen LogP) is 2.40. The van der Waals surface area contributed by atoms with E-state index >= 15 is 0 Å². The third-order valence-corrected chi connectivity index (χ3v) is 3.55. The summed E-state index contributed by atoms with van der Waals surface area (Å²) in [6.07, 6.45) is 0. The first kappa shape index (κ1) is 17.5. The molecule has 0 radical (unpaired) electrons. The minimum Gasteiger partial charge on any atom is -0.494 e. The Labute approximate surface area is 148 Å². The zero-order chi connectivity index (χ0) is 18.5. The minimum atomic E-state index is -0.816. The smallest absolute Gasteiger partial charge is 0.338 e. The van der Waals surface area contributed by atoms with E-state index in [1.807, 2.05) is 0 Å². The molecule has 0 unspecified atom stereocenters. The number of esters is 1. The summed E-state index contributed by atoms with van der Waals surface area (Å²) in [5, 5.41) is 2.58. The molecule has 136 valence electrons. The summed E-state index contributed by atoms with van der Waals surface area (Å²) in [6, 6.07) is 8.58. The summed E-state index contributed by atoms with van der Waals surface area (Å²) in [5.74, 6) is -0.907. The molecule has 3 rings (SSSR count). The van der Waals surface area contributed by atoms with Crippen molar-refractivity contribution < 1.29 is 32.9 Å². The standard InChI is InChI=1S/C18H16FNO6/c1-23-14-4-2-11(8-13(14)19)18(22)26-10-17(21)20-12-3-5-15-16(9-12)25-7-6-24-15/h2-5,8-9H,6-7,10H2,1H3,(H,20,21). The number of carbonyl (C=O) groups excluding carboxylic acids is 2. The number of anilines is 1. The molecule has 1 aliphatic rings. The summed E-state index contributed by atoms with van der Waals surface area (Å²) in [5.41, 5.74) is 0.459. The highest BCUT2D eigenvalue weighted by atomic mass is 19.1. The fourth-order valence-corrected chi connectivity index (χ4v) is 2.33. The number of hydrogen-bond acceptors (Lipinski definition) is 6. The van der Waals surface area contributed by atoms with Crippen LogP contribution in [0.5, 0.6) is 17.2 Å². The van der Waals surface area contributed by atoms with E-state index in [1.54, 1.807) is 18.2 Å². The van der Waals surface area contributed by atoms with Gasteiger partial charge in [0, 0.05) is 11.8 Å². The highest BCUT2D eigenvalue weighted by Crippen LogP contribution is 2.32. The van der Waals surface area contributed by atoms with Gasteiger partial charge in [0.25, 0.3) is 5.91 Å². The molecule has 2 aromatic rings. The maximum absolute atomic E-state index is 13.6. The van der Waals surface area contributed by atoms with Gasteiger partial charge in [-0.25, -0.2) is 9.18 Å². The van der Waals surface area contributed by atoms with Gasteiger partial charge in [0.15, 0.2) is 29.7 Å². The Morgan fingerprint density at radius 2 is 1.88 bits per heavy atom. The van der Waals surface area contributed by atoms with Crippen molar-refractivity contribution in [2.24, 2.45) is 0 Å². The molecule has 1 heterocycles. The van der Waals surface area contributed by atoms with E-state index in [4.69, 9.17) is 18.9 Å². The van der Waals surface area contributed by atoms with Crippen LogP contribution in [-0.2, 0) is 9.53 Å². The second kappa shape index (κ2) is 7.73. The molecule has 0 saturated carbocycles. The summed E-state index contributed by atoms with van der Waals surface area (Å²) in [6.45, 7) is 0.391. The number of halogens is 1. The van der Waals surface area contributed by atoms with E-state index in [-0.39, 0.29) is 11.3 Å². The molecule has 8 heteroatoms. The Bertz CT molecular complexity index is 838. The maximum atomic E-state index is 13.6. The largest absolute Gasteiger partial charge is 0.494 e. The third-order valence-electron chi connectivity index (χ3n) is 3.55. The first-order valence-electron chi connectivity index (χ1n) is 7.77. The number of benzene rings is 2. The number of carbonyl (C=O) groups is 2. The Morgan fingerprint density at radius 3 is 2.62 bits per heavy atom. The van der Waals surface area contributed by atoms with E-state index in [1.165, 1.54) is 19.2 Å². The molecule has 0 aliphatic carbocycles. The molecule has 7 nitrogen and oxygen atoms in total. The van der Waals surface area contributed by atoms with Gasteiger partial charge in [0.05, 0.1) is 12.7 Å². The van der Waals surface area contributed by atoms with Crippen LogP contribution < -0.4 is 19.5 Å². The van der Waals surface area contributed by atoms with Crippen LogP contribution >= 0.6 is 0 Å². The molecular weight excluding hydrogens is 345 g/mol. The van der Waals surface area contributed by atoms with E-state index in [0.29, 0.717) is 30.4 Å².